The highest BCUT2D eigenvalue weighted by Crippen LogP contribution is 2.39. The largest absolute Gasteiger partial charge is 0.484 e. The molecule has 5 rings (SSSR count). The minimum absolute atomic E-state index is 0.0518. The van der Waals surface area contributed by atoms with E-state index in [1.807, 2.05) is 17.6 Å². The lowest BCUT2D eigenvalue weighted by molar-refractivity contribution is -0.126. The molecule has 36 heavy (non-hydrogen) atoms. The molecule has 2 fully saturated rings. The fourth-order valence-corrected chi connectivity index (χ4v) is 4.94. The number of rotatable bonds is 6. The maximum absolute atomic E-state index is 13.2. The second-order valence-electron chi connectivity index (χ2n) is 9.11. The molecule has 188 valence electrons. The van der Waals surface area contributed by atoms with Crippen molar-refractivity contribution < 1.29 is 19.1 Å². The Morgan fingerprint density at radius 1 is 1.28 bits per heavy atom. The zero-order chi connectivity index (χ0) is 25.2. The zero-order valence-corrected chi connectivity index (χ0v) is 20.8. The Morgan fingerprint density at radius 3 is 2.83 bits per heavy atom. The highest BCUT2D eigenvalue weighted by molar-refractivity contribution is 6.36. The molecule has 10 heteroatoms. The number of anilines is 1. The highest BCUT2D eigenvalue weighted by Gasteiger charge is 2.29. The van der Waals surface area contributed by atoms with Crippen molar-refractivity contribution in [2.24, 2.45) is 0 Å². The summed E-state index contributed by atoms with van der Waals surface area (Å²) in [6.45, 7) is 7.61. The van der Waals surface area contributed by atoms with Crippen LogP contribution in [0.15, 0.2) is 43.1 Å². The van der Waals surface area contributed by atoms with Gasteiger partial charge in [-0.2, -0.15) is 0 Å². The first-order valence-corrected chi connectivity index (χ1v) is 12.4. The van der Waals surface area contributed by atoms with Crippen LogP contribution in [0, 0.1) is 6.92 Å². The van der Waals surface area contributed by atoms with Crippen LogP contribution in [-0.2, 0) is 9.53 Å². The number of carbonyl (C=O) groups excluding carboxylic acids is 2. The number of aryl methyl sites for hydroxylation is 1. The lowest BCUT2D eigenvalue weighted by Gasteiger charge is -2.28. The normalized spacial score (nSPS) is 18.4. The number of carbonyl (C=O) groups is 2. The Morgan fingerprint density at radius 2 is 2.11 bits per heavy atom. The van der Waals surface area contributed by atoms with Crippen LogP contribution < -0.4 is 10.1 Å². The lowest BCUT2D eigenvalue weighted by atomic mass is 10.1. The maximum Gasteiger partial charge on any atom is 0.258 e. The summed E-state index contributed by atoms with van der Waals surface area (Å²) in [4.78, 5) is 36.4. The predicted molar refractivity (Wildman–Crippen MR) is 137 cm³/mol. The summed E-state index contributed by atoms with van der Waals surface area (Å²) in [5.41, 5.74) is 2.51. The van der Waals surface area contributed by atoms with E-state index in [-0.39, 0.29) is 24.0 Å². The van der Waals surface area contributed by atoms with Gasteiger partial charge in [0.1, 0.15) is 16.9 Å². The number of aromatic nitrogens is 3. The van der Waals surface area contributed by atoms with Gasteiger partial charge in [-0.3, -0.25) is 19.9 Å². The molecule has 1 unspecified atom stereocenters. The molecule has 0 spiro atoms. The number of likely N-dealkylation sites (tertiary alicyclic amines) is 1. The average Bonchev–Trinajstić information content (AvgIpc) is 3.03. The van der Waals surface area contributed by atoms with Crippen LogP contribution in [0.2, 0.25) is 5.02 Å². The van der Waals surface area contributed by atoms with Crippen molar-refractivity contribution in [3.05, 3.63) is 59.4 Å². The summed E-state index contributed by atoms with van der Waals surface area (Å²) in [5, 5.41) is 3.39. The van der Waals surface area contributed by atoms with Crippen molar-refractivity contribution in [3.8, 4) is 5.75 Å². The first-order valence-electron chi connectivity index (χ1n) is 12.0. The molecule has 0 radical (unpaired) electrons. The third-order valence-corrected chi connectivity index (χ3v) is 6.90. The molecule has 1 atom stereocenters. The van der Waals surface area contributed by atoms with Gasteiger partial charge in [0.05, 0.1) is 30.3 Å². The van der Waals surface area contributed by atoms with Crippen molar-refractivity contribution in [1.82, 2.24) is 19.4 Å². The lowest BCUT2D eigenvalue weighted by Crippen LogP contribution is -2.38. The molecule has 0 aliphatic carbocycles. The topological polar surface area (TPSA) is 98.6 Å². The molecule has 4 heterocycles. The standard InChI is InChI=1S/C26H28ClN5O4/c1-3-22(33)31-11-5-4-6-18(13-31)32-24-20(7-8-21(23(24)27)36-19-14-35-15-19)29-26(32)30-25(34)17-9-10-28-16(2)12-17/h3,7-10,12,18-19H,1,4-6,11,13-15H2,2H3,(H,29,30,34). The van der Waals surface area contributed by atoms with Gasteiger partial charge in [0, 0.05) is 30.5 Å². The minimum atomic E-state index is -0.302. The van der Waals surface area contributed by atoms with E-state index < -0.39 is 0 Å². The summed E-state index contributed by atoms with van der Waals surface area (Å²) in [7, 11) is 0. The average molecular weight is 510 g/mol. The number of hydrogen-bond acceptors (Lipinski definition) is 6. The first-order chi connectivity index (χ1) is 17.4. The Bertz CT molecular complexity index is 1320. The third-order valence-electron chi connectivity index (χ3n) is 6.54. The number of fused-ring (bicyclic) bond motifs is 1. The summed E-state index contributed by atoms with van der Waals surface area (Å²) in [6.07, 6.45) is 5.47. The van der Waals surface area contributed by atoms with Crippen LogP contribution >= 0.6 is 11.6 Å². The van der Waals surface area contributed by atoms with Crippen LogP contribution in [0.1, 0.15) is 41.4 Å². The molecule has 2 amide bonds. The van der Waals surface area contributed by atoms with E-state index in [2.05, 4.69) is 16.9 Å². The summed E-state index contributed by atoms with van der Waals surface area (Å²) in [6, 6.07) is 6.85. The fourth-order valence-electron chi connectivity index (χ4n) is 4.65. The van der Waals surface area contributed by atoms with Gasteiger partial charge in [-0.25, -0.2) is 4.98 Å². The van der Waals surface area contributed by atoms with E-state index in [9.17, 15) is 9.59 Å². The van der Waals surface area contributed by atoms with Crippen molar-refractivity contribution in [3.63, 3.8) is 0 Å². The Labute approximate surface area is 214 Å². The van der Waals surface area contributed by atoms with Gasteiger partial charge in [0.2, 0.25) is 11.9 Å². The highest BCUT2D eigenvalue weighted by atomic mass is 35.5. The molecule has 2 saturated heterocycles. The van der Waals surface area contributed by atoms with E-state index in [1.165, 1.54) is 6.08 Å². The zero-order valence-electron chi connectivity index (χ0n) is 20.1. The molecule has 2 aliphatic rings. The second kappa shape index (κ2) is 10.3. The van der Waals surface area contributed by atoms with Crippen molar-refractivity contribution in [2.45, 2.75) is 38.3 Å². The molecule has 9 nitrogen and oxygen atoms in total. The summed E-state index contributed by atoms with van der Waals surface area (Å²) >= 11 is 6.90. The van der Waals surface area contributed by atoms with Crippen molar-refractivity contribution >= 4 is 40.4 Å². The first kappa shape index (κ1) is 24.3. The molecular weight excluding hydrogens is 482 g/mol. The van der Waals surface area contributed by atoms with Gasteiger partial charge in [-0.05, 0) is 56.5 Å². The van der Waals surface area contributed by atoms with Gasteiger partial charge in [-0.15, -0.1) is 0 Å². The number of ether oxygens (including phenoxy) is 2. The van der Waals surface area contributed by atoms with Gasteiger partial charge in [0.25, 0.3) is 5.91 Å². The maximum atomic E-state index is 13.2. The number of amides is 2. The van der Waals surface area contributed by atoms with E-state index in [0.717, 1.165) is 25.0 Å². The summed E-state index contributed by atoms with van der Waals surface area (Å²) < 4.78 is 13.2. The number of benzene rings is 1. The van der Waals surface area contributed by atoms with Crippen molar-refractivity contribution in [1.29, 1.82) is 0 Å². The van der Waals surface area contributed by atoms with Gasteiger partial charge >= 0.3 is 0 Å². The van der Waals surface area contributed by atoms with Gasteiger partial charge < -0.3 is 18.9 Å². The Balaban J connectivity index is 1.58. The predicted octanol–water partition coefficient (Wildman–Crippen LogP) is 4.16. The number of nitrogens with zero attached hydrogens (tertiary/aromatic N) is 4. The molecule has 3 aromatic rings. The van der Waals surface area contributed by atoms with Crippen molar-refractivity contribution in [2.75, 3.05) is 31.6 Å². The quantitative estimate of drug-likeness (QED) is 0.501. The SMILES string of the molecule is C=CC(=O)N1CCCCC(n2c(NC(=O)c3ccnc(C)c3)nc3ccc(OC4COC4)c(Cl)c32)C1. The molecule has 1 N–H and O–H groups in total. The third kappa shape index (κ3) is 4.81. The fraction of sp³-hybridized carbons (Fsp3) is 0.385. The van der Waals surface area contributed by atoms with E-state index in [1.54, 1.807) is 29.3 Å². The van der Waals surface area contributed by atoms with Crippen LogP contribution in [0.3, 0.4) is 0 Å². The van der Waals surface area contributed by atoms with Crippen LogP contribution in [0.4, 0.5) is 5.95 Å². The van der Waals surface area contributed by atoms with E-state index >= 15 is 0 Å². The van der Waals surface area contributed by atoms with E-state index in [4.69, 9.17) is 26.1 Å². The van der Waals surface area contributed by atoms with Crippen LogP contribution in [-0.4, -0.2) is 63.7 Å². The van der Waals surface area contributed by atoms with Gasteiger partial charge in [0.15, 0.2) is 0 Å². The van der Waals surface area contributed by atoms with Crippen LogP contribution in [0.25, 0.3) is 11.0 Å². The molecular formula is C26H28ClN5O4. The molecule has 0 bridgehead atoms. The smallest absolute Gasteiger partial charge is 0.258 e. The number of imidazole rings is 1. The second-order valence-corrected chi connectivity index (χ2v) is 9.48. The minimum Gasteiger partial charge on any atom is -0.484 e. The van der Waals surface area contributed by atoms with E-state index in [0.29, 0.717) is 59.6 Å². The molecule has 1 aromatic carbocycles. The van der Waals surface area contributed by atoms with Gasteiger partial charge in [-0.1, -0.05) is 18.2 Å². The number of nitrogens with one attached hydrogen (secondary N) is 1. The van der Waals surface area contributed by atoms with Crippen LogP contribution in [0.5, 0.6) is 5.75 Å². The Hall–Kier alpha value is -3.43. The molecule has 0 saturated carbocycles. The number of halogens is 1. The molecule has 2 aromatic heterocycles. The summed E-state index contributed by atoms with van der Waals surface area (Å²) in [5.74, 6) is 0.482. The monoisotopic (exact) mass is 509 g/mol. The molecule has 2 aliphatic heterocycles. The Kier molecular flexibility index (Phi) is 6.93. The number of hydrogen-bond donors (Lipinski definition) is 1. The number of pyridine rings is 1.